The molecule has 6 aromatic heterocycles. The lowest BCUT2D eigenvalue weighted by molar-refractivity contribution is 1.06. The Morgan fingerprint density at radius 3 is 0.790 bits per heavy atom. The predicted molar refractivity (Wildman–Crippen MR) is 519 cm³/mol. The first-order chi connectivity index (χ1) is 61.5. The Morgan fingerprint density at radius 1 is 0.153 bits per heavy atom. The van der Waals surface area contributed by atoms with E-state index in [1.807, 2.05) is 46.9 Å². The summed E-state index contributed by atoms with van der Waals surface area (Å²) in [6.45, 7) is 0. The van der Waals surface area contributed by atoms with E-state index in [1.165, 1.54) is 106 Å². The summed E-state index contributed by atoms with van der Waals surface area (Å²) >= 11 is 3.75. The van der Waals surface area contributed by atoms with Gasteiger partial charge in [-0.1, -0.05) is 394 Å². The van der Waals surface area contributed by atoms with Crippen LogP contribution in [0.3, 0.4) is 0 Å². The van der Waals surface area contributed by atoms with Crippen LogP contribution in [0, 0.1) is 0 Å². The van der Waals surface area contributed by atoms with Gasteiger partial charge in [0.15, 0.2) is 34.9 Å². The highest BCUT2D eigenvalue weighted by atomic mass is 32.1. The number of rotatable bonds is 14. The first kappa shape index (κ1) is 73.2. The quantitative estimate of drug-likeness (QED) is 0.108. The fourth-order valence-corrected chi connectivity index (χ4v) is 20.6. The second kappa shape index (κ2) is 31.3. The van der Waals surface area contributed by atoms with Crippen LogP contribution in [-0.4, -0.2) is 39.0 Å². The Labute approximate surface area is 723 Å². The van der Waals surface area contributed by atoms with Crippen LogP contribution in [0.15, 0.2) is 437 Å². The average molecular weight is 1620 g/mol. The van der Waals surface area contributed by atoms with Gasteiger partial charge in [0.1, 0.15) is 0 Å². The summed E-state index contributed by atoms with van der Waals surface area (Å²) in [4.78, 5) is 31.6. The van der Waals surface area contributed by atoms with Crippen molar-refractivity contribution in [1.29, 1.82) is 0 Å². The third-order valence-electron chi connectivity index (χ3n) is 23.8. The van der Waals surface area contributed by atoms with Gasteiger partial charge in [0.05, 0.1) is 42.8 Å². The van der Waals surface area contributed by atoms with E-state index in [4.69, 9.17) is 29.9 Å². The van der Waals surface area contributed by atoms with Gasteiger partial charge in [0, 0.05) is 85.9 Å². The molecule has 0 amide bonds. The van der Waals surface area contributed by atoms with Crippen LogP contribution in [-0.2, 0) is 0 Å². The first-order valence-electron chi connectivity index (χ1n) is 41.7. The molecule has 0 N–H and O–H groups in total. The van der Waals surface area contributed by atoms with Gasteiger partial charge in [-0.15, -0.1) is 22.7 Å². The van der Waals surface area contributed by atoms with Gasteiger partial charge in [0.2, 0.25) is 0 Å². The van der Waals surface area contributed by atoms with E-state index in [-0.39, 0.29) is 0 Å². The van der Waals surface area contributed by atoms with Gasteiger partial charge in [-0.25, -0.2) is 29.9 Å². The molecule has 124 heavy (non-hydrogen) atoms. The molecular weight excluding hydrogens is 1550 g/mol. The maximum Gasteiger partial charge on any atom is 0.166 e. The molecule has 0 saturated carbocycles. The van der Waals surface area contributed by atoms with Crippen molar-refractivity contribution in [3.8, 4) is 146 Å². The predicted octanol–water partition coefficient (Wildman–Crippen LogP) is 30.7. The number of hydrogen-bond acceptors (Lipinski definition) is 8. The molecule has 580 valence electrons. The average Bonchev–Trinajstić information content (AvgIpc) is 1.56. The summed E-state index contributed by atoms with van der Waals surface area (Å²) in [7, 11) is 0. The zero-order chi connectivity index (χ0) is 82.0. The summed E-state index contributed by atoms with van der Waals surface area (Å²) in [5.41, 5.74) is 26.3. The fraction of sp³-hybridized carbons (Fsp3) is 0. The van der Waals surface area contributed by atoms with Gasteiger partial charge >= 0.3 is 0 Å². The van der Waals surface area contributed by atoms with Crippen molar-refractivity contribution in [2.45, 2.75) is 0 Å². The van der Waals surface area contributed by atoms with Crippen molar-refractivity contribution in [1.82, 2.24) is 39.0 Å². The van der Waals surface area contributed by atoms with Crippen LogP contribution in [0.4, 0.5) is 0 Å². The van der Waals surface area contributed by atoms with E-state index < -0.39 is 0 Å². The molecule has 0 aliphatic heterocycles. The van der Waals surface area contributed by atoms with Gasteiger partial charge in [0.25, 0.3) is 0 Å². The van der Waals surface area contributed by atoms with Crippen molar-refractivity contribution in [3.05, 3.63) is 437 Å². The van der Waals surface area contributed by atoms with Crippen molar-refractivity contribution in [2.24, 2.45) is 0 Å². The van der Waals surface area contributed by atoms with E-state index in [0.717, 1.165) is 89.2 Å². The molecule has 0 saturated heterocycles. The second-order valence-electron chi connectivity index (χ2n) is 31.1. The molecular formula is C114H72N8S2. The zero-order valence-electron chi connectivity index (χ0n) is 67.0. The monoisotopic (exact) mass is 1620 g/mol. The van der Waals surface area contributed by atoms with Crippen LogP contribution in [0.5, 0.6) is 0 Å². The highest BCUT2D eigenvalue weighted by Crippen LogP contribution is 2.50. The summed E-state index contributed by atoms with van der Waals surface area (Å²) in [5, 5.41) is 9.86. The molecule has 0 aliphatic carbocycles. The number of aromatic nitrogens is 8. The highest BCUT2D eigenvalue weighted by molar-refractivity contribution is 7.27. The number of fused-ring (bicyclic) bond motifs is 14. The molecule has 0 aliphatic rings. The Bertz CT molecular complexity index is 8070. The third kappa shape index (κ3) is 13.2. The van der Waals surface area contributed by atoms with Gasteiger partial charge in [-0.05, 0) is 109 Å². The zero-order valence-corrected chi connectivity index (χ0v) is 68.6. The molecule has 0 bridgehead atoms. The molecule has 8 nitrogen and oxygen atoms in total. The number of benzene rings is 18. The fourth-order valence-electron chi connectivity index (χ4n) is 17.8. The molecule has 24 rings (SSSR count). The lowest BCUT2D eigenvalue weighted by atomic mass is 10.0. The van der Waals surface area contributed by atoms with E-state index >= 15 is 0 Å². The number of nitrogens with zero attached hydrogens (tertiary/aromatic N) is 8. The topological polar surface area (TPSA) is 87.2 Å². The summed E-state index contributed by atoms with van der Waals surface area (Å²) in [6.07, 6.45) is 0. The normalized spacial score (nSPS) is 11.5. The first-order valence-corrected chi connectivity index (χ1v) is 43.3. The van der Waals surface area contributed by atoms with Crippen LogP contribution in [0.1, 0.15) is 0 Å². The van der Waals surface area contributed by atoms with Crippen molar-refractivity contribution in [3.63, 3.8) is 0 Å². The van der Waals surface area contributed by atoms with Crippen LogP contribution >= 0.6 is 22.7 Å². The Hall–Kier alpha value is -16.0. The van der Waals surface area contributed by atoms with E-state index in [1.54, 1.807) is 0 Å². The molecule has 24 aromatic rings. The van der Waals surface area contributed by atoms with Crippen molar-refractivity contribution < 1.29 is 0 Å². The van der Waals surface area contributed by atoms with E-state index in [2.05, 4.69) is 422 Å². The highest BCUT2D eigenvalue weighted by Gasteiger charge is 2.27. The standard InChI is InChI=1S/2C57H36N4S/c1-4-16-37(17-5-1)39-30-32-41(33-31-39)55-58-56(43-23-14-22-42(36-43)38-18-6-2-7-19-38)60-57(59-55)49-25-11-13-29-51(49)61-50-28-12-10-24-45(50)46-34-35-48-47-27-15-26-44(40-20-8-3-9-21-40)53(47)62-54(48)52(46)61;1-4-15-37(16-5-1)39-27-31-42(32-28-39)55-58-56(43-33-29-40(30-34-43)38-17-6-2-7-18-38)60-57(59-55)49-22-11-13-26-51(49)61-50-25-12-10-21-45(50)46-35-36-48-47-24-14-23-44(41-19-8-3-9-20-41)53(47)62-54(48)52(46)61/h2*1-36H. The van der Waals surface area contributed by atoms with Crippen LogP contribution in [0.2, 0.25) is 0 Å². The minimum atomic E-state index is 0.610. The van der Waals surface area contributed by atoms with Gasteiger partial charge < -0.3 is 9.13 Å². The molecule has 0 radical (unpaired) electrons. The molecule has 10 heteroatoms. The maximum atomic E-state index is 5.34. The van der Waals surface area contributed by atoms with Crippen molar-refractivity contribution in [2.75, 3.05) is 0 Å². The molecule has 6 heterocycles. The summed E-state index contributed by atoms with van der Waals surface area (Å²) in [6, 6.07) is 155. The Morgan fingerprint density at radius 2 is 0.403 bits per heavy atom. The molecule has 18 aromatic carbocycles. The minimum absolute atomic E-state index is 0.610. The molecule has 0 spiro atoms. The molecule has 0 unspecified atom stereocenters. The second-order valence-corrected chi connectivity index (χ2v) is 33.1. The van der Waals surface area contributed by atoms with E-state index in [9.17, 15) is 0 Å². The number of para-hydroxylation sites is 4. The Balaban J connectivity index is 0.000000143. The van der Waals surface area contributed by atoms with Crippen LogP contribution in [0.25, 0.3) is 230 Å². The number of thiophene rings is 2. The SMILES string of the molecule is c1ccc(-c2ccc(-c3nc(-c4ccc(-c5ccccc5)cc4)nc(-c4ccccc4-n4c5ccccc5c5ccc6c7cccc(-c8ccccc8)c7sc6c54)n3)cc2)cc1.c1ccc(-c2ccc(-c3nc(-c4cccc(-c5ccccc5)c4)nc(-c4ccccc4-n4c5ccccc5c5ccc6c7cccc(-c8ccccc8)c7sc6c54)n3)cc2)cc1. The lowest BCUT2D eigenvalue weighted by Gasteiger charge is -2.15. The van der Waals surface area contributed by atoms with Crippen molar-refractivity contribution >= 4 is 107 Å². The molecule has 0 atom stereocenters. The summed E-state index contributed by atoms with van der Waals surface area (Å²) in [5.74, 6) is 3.70. The maximum absolute atomic E-state index is 5.34. The van der Waals surface area contributed by atoms with Crippen LogP contribution < -0.4 is 0 Å². The molecule has 0 fully saturated rings. The van der Waals surface area contributed by atoms with Gasteiger partial charge in [-0.2, -0.15) is 0 Å². The number of hydrogen-bond donors (Lipinski definition) is 0. The lowest BCUT2D eigenvalue weighted by Crippen LogP contribution is -2.03. The van der Waals surface area contributed by atoms with Gasteiger partial charge in [-0.3, -0.25) is 0 Å². The third-order valence-corrected chi connectivity index (χ3v) is 26.3. The van der Waals surface area contributed by atoms with E-state index in [0.29, 0.717) is 34.9 Å². The Kier molecular flexibility index (Phi) is 18.5. The summed E-state index contributed by atoms with van der Waals surface area (Å²) < 4.78 is 9.95. The smallest absolute Gasteiger partial charge is 0.166 e. The minimum Gasteiger partial charge on any atom is -0.307 e. The largest absolute Gasteiger partial charge is 0.307 e.